The lowest BCUT2D eigenvalue weighted by Gasteiger charge is -2.22. The summed E-state index contributed by atoms with van der Waals surface area (Å²) >= 11 is 0. The Labute approximate surface area is 116 Å². The number of hydrogen-bond acceptors (Lipinski definition) is 2. The molecule has 2 nitrogen and oxygen atoms in total. The van der Waals surface area contributed by atoms with Crippen molar-refractivity contribution >= 4 is 0 Å². The zero-order chi connectivity index (χ0) is 14.6. The molecule has 2 rings (SSSR count). The molecular formula is C15H16F3NO. The van der Waals surface area contributed by atoms with E-state index in [1.54, 1.807) is 6.07 Å². The molecule has 0 spiro atoms. The van der Waals surface area contributed by atoms with Crippen LogP contribution in [0.3, 0.4) is 0 Å². The fraction of sp³-hybridized carbons (Fsp3) is 0.533. The van der Waals surface area contributed by atoms with Crippen molar-refractivity contribution in [2.45, 2.75) is 38.3 Å². The highest BCUT2D eigenvalue weighted by Gasteiger charge is 2.31. The Morgan fingerprint density at radius 2 is 1.90 bits per heavy atom. The van der Waals surface area contributed by atoms with Crippen molar-refractivity contribution in [2.24, 2.45) is 5.92 Å². The lowest BCUT2D eigenvalue weighted by molar-refractivity contribution is -0.137. The second-order valence-corrected chi connectivity index (χ2v) is 5.14. The molecule has 0 saturated heterocycles. The van der Waals surface area contributed by atoms with Gasteiger partial charge in [-0.25, -0.2) is 0 Å². The van der Waals surface area contributed by atoms with E-state index < -0.39 is 11.7 Å². The molecule has 0 amide bonds. The smallest absolute Gasteiger partial charge is 0.416 e. The van der Waals surface area contributed by atoms with Gasteiger partial charge in [0.05, 0.1) is 17.7 Å². The van der Waals surface area contributed by atoms with Crippen molar-refractivity contribution in [3.8, 4) is 11.8 Å². The summed E-state index contributed by atoms with van der Waals surface area (Å²) in [4.78, 5) is 0. The second-order valence-electron chi connectivity index (χ2n) is 5.14. The van der Waals surface area contributed by atoms with E-state index in [1.165, 1.54) is 25.3 Å². The predicted octanol–water partition coefficient (Wildman–Crippen LogP) is 4.54. The average Bonchev–Trinajstić information content (AvgIpc) is 2.45. The van der Waals surface area contributed by atoms with E-state index in [0.717, 1.165) is 25.0 Å². The molecule has 1 aliphatic rings. The largest absolute Gasteiger partial charge is 0.492 e. The van der Waals surface area contributed by atoms with Gasteiger partial charge in [0.15, 0.2) is 0 Å². The van der Waals surface area contributed by atoms with Gasteiger partial charge in [-0.1, -0.05) is 19.3 Å². The van der Waals surface area contributed by atoms with Gasteiger partial charge in [0.1, 0.15) is 11.8 Å². The van der Waals surface area contributed by atoms with E-state index in [2.05, 4.69) is 0 Å². The Morgan fingerprint density at radius 3 is 2.50 bits per heavy atom. The number of ether oxygens (including phenoxy) is 1. The molecule has 1 aromatic rings. The molecule has 1 aliphatic carbocycles. The summed E-state index contributed by atoms with van der Waals surface area (Å²) in [6.07, 6.45) is 1.32. The van der Waals surface area contributed by atoms with Gasteiger partial charge >= 0.3 is 6.18 Å². The van der Waals surface area contributed by atoms with Crippen molar-refractivity contribution in [2.75, 3.05) is 6.61 Å². The highest BCUT2D eigenvalue weighted by molar-refractivity contribution is 5.46. The topological polar surface area (TPSA) is 33.0 Å². The number of benzene rings is 1. The number of halogens is 3. The fourth-order valence-electron chi connectivity index (χ4n) is 2.48. The molecule has 0 heterocycles. The average molecular weight is 283 g/mol. The van der Waals surface area contributed by atoms with Crippen molar-refractivity contribution < 1.29 is 17.9 Å². The van der Waals surface area contributed by atoms with Crippen LogP contribution in [0.15, 0.2) is 18.2 Å². The van der Waals surface area contributed by atoms with Gasteiger partial charge in [-0.3, -0.25) is 0 Å². The zero-order valence-electron chi connectivity index (χ0n) is 11.0. The van der Waals surface area contributed by atoms with Crippen LogP contribution in [0.4, 0.5) is 13.2 Å². The summed E-state index contributed by atoms with van der Waals surface area (Å²) in [5, 5.41) is 8.95. The molecule has 5 heteroatoms. The number of nitriles is 1. The van der Waals surface area contributed by atoms with Gasteiger partial charge in [0.2, 0.25) is 0 Å². The number of hydrogen-bond donors (Lipinski definition) is 0. The normalized spacial score (nSPS) is 16.7. The third kappa shape index (κ3) is 3.66. The molecule has 0 radical (unpaired) electrons. The molecule has 0 unspecified atom stereocenters. The van der Waals surface area contributed by atoms with Crippen molar-refractivity contribution in [1.29, 1.82) is 5.26 Å². The molecular weight excluding hydrogens is 267 g/mol. The van der Waals surface area contributed by atoms with Crippen LogP contribution in [0.5, 0.6) is 5.75 Å². The summed E-state index contributed by atoms with van der Waals surface area (Å²) in [7, 11) is 0. The lowest BCUT2D eigenvalue weighted by Crippen LogP contribution is -2.16. The molecule has 0 atom stereocenters. The monoisotopic (exact) mass is 283 g/mol. The summed E-state index contributed by atoms with van der Waals surface area (Å²) < 4.78 is 43.2. The minimum atomic E-state index is -4.44. The van der Waals surface area contributed by atoms with Gasteiger partial charge < -0.3 is 4.74 Å². The van der Waals surface area contributed by atoms with E-state index in [9.17, 15) is 13.2 Å². The number of rotatable bonds is 3. The Morgan fingerprint density at radius 1 is 1.20 bits per heavy atom. The van der Waals surface area contributed by atoms with E-state index in [4.69, 9.17) is 10.00 Å². The van der Waals surface area contributed by atoms with Crippen LogP contribution in [0.1, 0.15) is 43.2 Å². The van der Waals surface area contributed by atoms with Crippen LogP contribution in [0.2, 0.25) is 0 Å². The molecule has 1 saturated carbocycles. The summed E-state index contributed by atoms with van der Waals surface area (Å²) in [5.74, 6) is 0.684. The SMILES string of the molecule is N#Cc1cc(C(F)(F)F)ccc1OCC1CCCCC1. The van der Waals surface area contributed by atoms with Gasteiger partial charge in [-0.05, 0) is 37.0 Å². The van der Waals surface area contributed by atoms with Crippen LogP contribution >= 0.6 is 0 Å². The van der Waals surface area contributed by atoms with Crippen LogP contribution < -0.4 is 4.74 Å². The highest BCUT2D eigenvalue weighted by atomic mass is 19.4. The van der Waals surface area contributed by atoms with Crippen molar-refractivity contribution in [1.82, 2.24) is 0 Å². The third-order valence-electron chi connectivity index (χ3n) is 3.63. The number of alkyl halides is 3. The van der Waals surface area contributed by atoms with Crippen LogP contribution in [-0.2, 0) is 6.18 Å². The first-order chi connectivity index (χ1) is 9.50. The highest BCUT2D eigenvalue weighted by Crippen LogP contribution is 2.33. The lowest BCUT2D eigenvalue weighted by atomic mass is 9.90. The van der Waals surface area contributed by atoms with Gasteiger partial charge in [0, 0.05) is 0 Å². The predicted molar refractivity (Wildman–Crippen MR) is 68.2 cm³/mol. The first-order valence-corrected chi connectivity index (χ1v) is 6.75. The Kier molecular flexibility index (Phi) is 4.53. The van der Waals surface area contributed by atoms with Crippen molar-refractivity contribution in [3.05, 3.63) is 29.3 Å². The second kappa shape index (κ2) is 6.17. The number of nitrogens with zero attached hydrogens (tertiary/aromatic N) is 1. The standard InChI is InChI=1S/C15H16F3NO/c16-15(17,18)13-6-7-14(12(8-13)9-19)20-10-11-4-2-1-3-5-11/h6-8,11H,1-5,10H2. The fourth-order valence-corrected chi connectivity index (χ4v) is 2.48. The summed E-state index contributed by atoms with van der Waals surface area (Å²) in [5.41, 5.74) is -0.880. The first-order valence-electron chi connectivity index (χ1n) is 6.75. The van der Waals surface area contributed by atoms with Crippen LogP contribution in [-0.4, -0.2) is 6.61 Å². The molecule has 0 aromatic heterocycles. The van der Waals surface area contributed by atoms with Gasteiger partial charge in [-0.15, -0.1) is 0 Å². The molecule has 0 bridgehead atoms. The zero-order valence-corrected chi connectivity index (χ0v) is 11.0. The van der Waals surface area contributed by atoms with E-state index >= 15 is 0 Å². The van der Waals surface area contributed by atoms with Gasteiger partial charge in [-0.2, -0.15) is 18.4 Å². The molecule has 0 N–H and O–H groups in total. The third-order valence-corrected chi connectivity index (χ3v) is 3.63. The molecule has 1 fully saturated rings. The maximum absolute atomic E-state index is 12.6. The minimum absolute atomic E-state index is 0.0596. The van der Waals surface area contributed by atoms with E-state index in [1.807, 2.05) is 0 Å². The Balaban J connectivity index is 2.06. The maximum Gasteiger partial charge on any atom is 0.416 e. The van der Waals surface area contributed by atoms with Crippen LogP contribution in [0.25, 0.3) is 0 Å². The van der Waals surface area contributed by atoms with Crippen molar-refractivity contribution in [3.63, 3.8) is 0 Å². The first kappa shape index (κ1) is 14.7. The minimum Gasteiger partial charge on any atom is -0.492 e. The molecule has 20 heavy (non-hydrogen) atoms. The van der Waals surface area contributed by atoms with E-state index in [-0.39, 0.29) is 11.3 Å². The molecule has 108 valence electrons. The summed E-state index contributed by atoms with van der Waals surface area (Å²) in [6, 6.07) is 4.81. The Hall–Kier alpha value is -1.70. The van der Waals surface area contributed by atoms with Crippen LogP contribution in [0, 0.1) is 17.2 Å². The molecule has 1 aromatic carbocycles. The van der Waals surface area contributed by atoms with E-state index in [0.29, 0.717) is 12.5 Å². The summed E-state index contributed by atoms with van der Waals surface area (Å²) in [6.45, 7) is 0.472. The molecule has 0 aliphatic heterocycles. The maximum atomic E-state index is 12.6. The Bertz CT molecular complexity index is 499. The van der Waals surface area contributed by atoms with Gasteiger partial charge in [0.25, 0.3) is 0 Å². The quantitative estimate of drug-likeness (QED) is 0.816.